The second-order valence-corrected chi connectivity index (χ2v) is 5.92. The van der Waals surface area contributed by atoms with Gasteiger partial charge >= 0.3 is 0 Å². The summed E-state index contributed by atoms with van der Waals surface area (Å²) >= 11 is 0. The lowest BCUT2D eigenvalue weighted by molar-refractivity contribution is 0.0805. The second-order valence-electron chi connectivity index (χ2n) is 5.92. The maximum atomic E-state index is 9.39. The average Bonchev–Trinajstić information content (AvgIpc) is 2.22. The van der Waals surface area contributed by atoms with Crippen molar-refractivity contribution in [3.63, 3.8) is 0 Å². The highest BCUT2D eigenvalue weighted by Crippen LogP contribution is 2.10. The van der Waals surface area contributed by atoms with E-state index in [0.29, 0.717) is 6.04 Å². The molecule has 0 aromatic carbocycles. The van der Waals surface area contributed by atoms with Gasteiger partial charge in [0.1, 0.15) is 0 Å². The maximum Gasteiger partial charge on any atom is 0.0611 e. The van der Waals surface area contributed by atoms with Crippen LogP contribution in [0.3, 0.4) is 0 Å². The first kappa shape index (κ1) is 16.9. The topological polar surface area (TPSA) is 41.5 Å². The second kappa shape index (κ2) is 8.90. The molecule has 0 spiro atoms. The highest BCUT2D eigenvalue weighted by Gasteiger charge is 2.23. The summed E-state index contributed by atoms with van der Waals surface area (Å²) in [6, 6.07) is 0.382. The summed E-state index contributed by atoms with van der Waals surface area (Å²) in [5.41, 5.74) is -0.216. The molecule has 0 aliphatic heterocycles. The molecule has 1 unspecified atom stereocenters. The Morgan fingerprint density at radius 1 is 1.18 bits per heavy atom. The minimum atomic E-state index is -0.216. The van der Waals surface area contributed by atoms with Crippen LogP contribution in [0.5, 0.6) is 0 Å². The van der Waals surface area contributed by atoms with Gasteiger partial charge in [0.25, 0.3) is 0 Å². The molecule has 104 valence electrons. The Balaban J connectivity index is 3.62. The van der Waals surface area contributed by atoms with Crippen molar-refractivity contribution in [1.29, 1.82) is 0 Å². The van der Waals surface area contributed by atoms with Crippen LogP contribution in [0.25, 0.3) is 0 Å². The van der Waals surface area contributed by atoms with Crippen LogP contribution < -0.4 is 5.32 Å². The number of rotatable bonds is 10. The molecule has 0 bridgehead atoms. The Labute approximate surface area is 107 Å². The molecule has 0 amide bonds. The zero-order valence-electron chi connectivity index (χ0n) is 12.3. The Bertz CT molecular complexity index is 183. The van der Waals surface area contributed by atoms with Gasteiger partial charge in [-0.15, -0.1) is 0 Å². The third-order valence-electron chi connectivity index (χ3n) is 2.85. The lowest BCUT2D eigenvalue weighted by Gasteiger charge is -2.31. The molecule has 0 aromatic heterocycles. The minimum Gasteiger partial charge on any atom is -0.394 e. The summed E-state index contributed by atoms with van der Waals surface area (Å²) in [4.78, 5) is 0. The molecule has 0 fully saturated rings. The lowest BCUT2D eigenvalue weighted by Crippen LogP contribution is -2.49. The minimum absolute atomic E-state index is 0.153. The molecule has 0 radical (unpaired) electrons. The van der Waals surface area contributed by atoms with Crippen LogP contribution in [-0.4, -0.2) is 36.5 Å². The first-order valence-electron chi connectivity index (χ1n) is 6.86. The van der Waals surface area contributed by atoms with Gasteiger partial charge in [-0.1, -0.05) is 27.7 Å². The number of aliphatic hydroxyl groups excluding tert-OH is 1. The normalized spacial score (nSPS) is 15.5. The van der Waals surface area contributed by atoms with E-state index in [1.807, 2.05) is 6.92 Å². The first-order valence-corrected chi connectivity index (χ1v) is 6.86. The summed E-state index contributed by atoms with van der Waals surface area (Å²) in [6.07, 6.45) is 3.20. The van der Waals surface area contributed by atoms with E-state index in [1.165, 1.54) is 6.42 Å². The standard InChI is InChI=1S/C14H31NO2/c1-12(2)7-6-9-17-10-8-14(5,11-16)15-13(3)4/h12-13,15-16H,6-11H2,1-5H3. The summed E-state index contributed by atoms with van der Waals surface area (Å²) < 4.78 is 5.61. The molecule has 0 aromatic rings. The van der Waals surface area contributed by atoms with Crippen molar-refractivity contribution in [2.24, 2.45) is 5.92 Å². The molecule has 0 aliphatic carbocycles. The van der Waals surface area contributed by atoms with Crippen LogP contribution in [0.15, 0.2) is 0 Å². The van der Waals surface area contributed by atoms with Crippen LogP contribution in [-0.2, 0) is 4.74 Å². The van der Waals surface area contributed by atoms with E-state index in [4.69, 9.17) is 4.74 Å². The molecule has 3 heteroatoms. The van der Waals surface area contributed by atoms with E-state index in [-0.39, 0.29) is 12.1 Å². The molecule has 2 N–H and O–H groups in total. The van der Waals surface area contributed by atoms with Gasteiger partial charge in [0.05, 0.1) is 6.61 Å². The molecule has 1 atom stereocenters. The first-order chi connectivity index (χ1) is 7.89. The van der Waals surface area contributed by atoms with Crippen molar-refractivity contribution in [3.05, 3.63) is 0 Å². The van der Waals surface area contributed by atoms with Gasteiger partial charge in [-0.25, -0.2) is 0 Å². The third-order valence-corrected chi connectivity index (χ3v) is 2.85. The lowest BCUT2D eigenvalue weighted by atomic mass is 9.98. The SMILES string of the molecule is CC(C)CCCOCCC(C)(CO)NC(C)C. The number of ether oxygens (including phenoxy) is 1. The monoisotopic (exact) mass is 245 g/mol. The fraction of sp³-hybridized carbons (Fsp3) is 1.00. The van der Waals surface area contributed by atoms with Crippen molar-refractivity contribution >= 4 is 0 Å². The zero-order chi connectivity index (χ0) is 13.3. The highest BCUT2D eigenvalue weighted by molar-refractivity contribution is 4.83. The van der Waals surface area contributed by atoms with E-state index < -0.39 is 0 Å². The molecule has 0 aliphatic rings. The Morgan fingerprint density at radius 3 is 2.29 bits per heavy atom. The maximum absolute atomic E-state index is 9.39. The van der Waals surface area contributed by atoms with Gasteiger partial charge in [0.2, 0.25) is 0 Å². The van der Waals surface area contributed by atoms with E-state index in [2.05, 4.69) is 33.0 Å². The molecule has 17 heavy (non-hydrogen) atoms. The summed E-state index contributed by atoms with van der Waals surface area (Å²) in [5.74, 6) is 0.754. The Kier molecular flexibility index (Phi) is 8.83. The third kappa shape index (κ3) is 9.57. The van der Waals surface area contributed by atoms with Crippen LogP contribution in [0.1, 0.15) is 53.9 Å². The molecular formula is C14H31NO2. The van der Waals surface area contributed by atoms with Gasteiger partial charge in [-0.2, -0.15) is 0 Å². The largest absolute Gasteiger partial charge is 0.394 e. The number of hydrogen-bond acceptors (Lipinski definition) is 3. The van der Waals surface area contributed by atoms with Crippen molar-refractivity contribution in [3.8, 4) is 0 Å². The van der Waals surface area contributed by atoms with Crippen LogP contribution in [0.2, 0.25) is 0 Å². The van der Waals surface area contributed by atoms with Crippen LogP contribution in [0.4, 0.5) is 0 Å². The van der Waals surface area contributed by atoms with Gasteiger partial charge in [-0.05, 0) is 32.1 Å². The van der Waals surface area contributed by atoms with E-state index in [9.17, 15) is 5.11 Å². The van der Waals surface area contributed by atoms with Crippen LogP contribution >= 0.6 is 0 Å². The fourth-order valence-electron chi connectivity index (χ4n) is 1.89. The highest BCUT2D eigenvalue weighted by atomic mass is 16.5. The van der Waals surface area contributed by atoms with Crippen molar-refractivity contribution in [1.82, 2.24) is 5.32 Å². The number of nitrogens with one attached hydrogen (secondary N) is 1. The predicted molar refractivity (Wildman–Crippen MR) is 73.3 cm³/mol. The van der Waals surface area contributed by atoms with Crippen molar-refractivity contribution in [2.75, 3.05) is 19.8 Å². The van der Waals surface area contributed by atoms with Crippen molar-refractivity contribution < 1.29 is 9.84 Å². The molecule has 3 nitrogen and oxygen atoms in total. The van der Waals surface area contributed by atoms with E-state index in [0.717, 1.165) is 32.0 Å². The summed E-state index contributed by atoms with van der Waals surface area (Å²) in [6.45, 7) is 12.4. The Morgan fingerprint density at radius 2 is 1.82 bits per heavy atom. The number of aliphatic hydroxyl groups is 1. The van der Waals surface area contributed by atoms with Gasteiger partial charge in [-0.3, -0.25) is 0 Å². The number of hydrogen-bond donors (Lipinski definition) is 2. The molecule has 0 saturated heterocycles. The molecule has 0 rings (SSSR count). The average molecular weight is 245 g/mol. The molecular weight excluding hydrogens is 214 g/mol. The zero-order valence-corrected chi connectivity index (χ0v) is 12.3. The van der Waals surface area contributed by atoms with Gasteiger partial charge in [0, 0.05) is 24.8 Å². The quantitative estimate of drug-likeness (QED) is 0.581. The van der Waals surface area contributed by atoms with Gasteiger partial charge in [0.15, 0.2) is 0 Å². The van der Waals surface area contributed by atoms with E-state index >= 15 is 0 Å². The van der Waals surface area contributed by atoms with Gasteiger partial charge < -0.3 is 15.2 Å². The molecule has 0 heterocycles. The van der Waals surface area contributed by atoms with Crippen molar-refractivity contribution in [2.45, 2.75) is 65.5 Å². The molecule has 0 saturated carbocycles. The summed E-state index contributed by atoms with van der Waals surface area (Å²) in [5, 5.41) is 12.8. The van der Waals surface area contributed by atoms with E-state index in [1.54, 1.807) is 0 Å². The Hall–Kier alpha value is -0.120. The predicted octanol–water partition coefficient (Wildman–Crippen LogP) is 2.58. The fourth-order valence-corrected chi connectivity index (χ4v) is 1.89. The summed E-state index contributed by atoms with van der Waals surface area (Å²) in [7, 11) is 0. The smallest absolute Gasteiger partial charge is 0.0611 e. The van der Waals surface area contributed by atoms with Crippen LogP contribution in [0, 0.1) is 5.92 Å².